The van der Waals surface area contributed by atoms with Crippen LogP contribution in [-0.2, 0) is 17.8 Å². The molecule has 154 valence electrons. The van der Waals surface area contributed by atoms with E-state index in [1.807, 2.05) is 48.4 Å². The molecule has 4 nitrogen and oxygen atoms in total. The van der Waals surface area contributed by atoms with Gasteiger partial charge in [-0.3, -0.25) is 14.7 Å². The smallest absolute Gasteiger partial charge is 0.222 e. The van der Waals surface area contributed by atoms with Crippen LogP contribution in [0.1, 0.15) is 42.5 Å². The fourth-order valence-corrected chi connectivity index (χ4v) is 4.76. The first-order valence-electron chi connectivity index (χ1n) is 10.7. The molecule has 5 heteroatoms. The molecule has 0 saturated carbocycles. The van der Waals surface area contributed by atoms with Crippen molar-refractivity contribution in [1.82, 2.24) is 14.8 Å². The molecule has 1 aromatic carbocycles. The number of benzene rings is 1. The van der Waals surface area contributed by atoms with Crippen LogP contribution in [0.5, 0.6) is 0 Å². The Labute approximate surface area is 172 Å². The van der Waals surface area contributed by atoms with Crippen molar-refractivity contribution in [3.05, 3.63) is 65.2 Å². The molecule has 4 rings (SSSR count). The highest BCUT2D eigenvalue weighted by molar-refractivity contribution is 5.77. The molecule has 3 heterocycles. The van der Waals surface area contributed by atoms with E-state index in [0.29, 0.717) is 13.0 Å². The molecule has 1 aromatic heterocycles. The van der Waals surface area contributed by atoms with Crippen LogP contribution in [0.2, 0.25) is 0 Å². The van der Waals surface area contributed by atoms with Crippen molar-refractivity contribution in [3.63, 3.8) is 0 Å². The third-order valence-electron chi connectivity index (χ3n) is 6.62. The summed E-state index contributed by atoms with van der Waals surface area (Å²) in [6.45, 7) is 6.21. The Hall–Kier alpha value is -2.27. The Morgan fingerprint density at radius 3 is 2.72 bits per heavy atom. The Bertz CT molecular complexity index is 846. The van der Waals surface area contributed by atoms with Crippen molar-refractivity contribution in [2.75, 3.05) is 26.2 Å². The lowest BCUT2D eigenvalue weighted by Gasteiger charge is -2.47. The topological polar surface area (TPSA) is 36.4 Å². The lowest BCUT2D eigenvalue weighted by atomic mass is 9.72. The highest BCUT2D eigenvalue weighted by Gasteiger charge is 2.40. The van der Waals surface area contributed by atoms with Gasteiger partial charge in [0.25, 0.3) is 0 Å². The van der Waals surface area contributed by atoms with Gasteiger partial charge in [-0.1, -0.05) is 23.8 Å². The van der Waals surface area contributed by atoms with E-state index in [-0.39, 0.29) is 17.1 Å². The van der Waals surface area contributed by atoms with Crippen molar-refractivity contribution < 1.29 is 9.18 Å². The summed E-state index contributed by atoms with van der Waals surface area (Å²) in [4.78, 5) is 21.3. The molecular weight excluding hydrogens is 365 g/mol. The van der Waals surface area contributed by atoms with E-state index in [0.717, 1.165) is 68.7 Å². The monoisotopic (exact) mass is 395 g/mol. The van der Waals surface area contributed by atoms with Crippen molar-refractivity contribution >= 4 is 5.91 Å². The van der Waals surface area contributed by atoms with Crippen LogP contribution < -0.4 is 0 Å². The Balaban J connectivity index is 1.33. The molecular formula is C24H30FN3O. The van der Waals surface area contributed by atoms with Gasteiger partial charge in [-0.15, -0.1) is 0 Å². The van der Waals surface area contributed by atoms with Crippen LogP contribution in [0.4, 0.5) is 4.39 Å². The maximum absolute atomic E-state index is 14.1. The Kier molecular flexibility index (Phi) is 5.95. The molecule has 1 amide bonds. The summed E-state index contributed by atoms with van der Waals surface area (Å²) in [6, 6.07) is 11.3. The van der Waals surface area contributed by atoms with Gasteiger partial charge in [0.15, 0.2) is 0 Å². The third-order valence-corrected chi connectivity index (χ3v) is 6.62. The summed E-state index contributed by atoms with van der Waals surface area (Å²) in [5, 5.41) is 0. The molecule has 0 aliphatic carbocycles. The lowest BCUT2D eigenvalue weighted by molar-refractivity contribution is -0.139. The molecule has 2 fully saturated rings. The van der Waals surface area contributed by atoms with E-state index in [9.17, 15) is 9.18 Å². The second-order valence-corrected chi connectivity index (χ2v) is 8.76. The molecule has 0 unspecified atom stereocenters. The average Bonchev–Trinajstić information content (AvgIpc) is 2.74. The molecule has 29 heavy (non-hydrogen) atoms. The molecule has 2 saturated heterocycles. The van der Waals surface area contributed by atoms with Crippen molar-refractivity contribution in [2.45, 2.75) is 45.6 Å². The van der Waals surface area contributed by atoms with E-state index < -0.39 is 0 Å². The van der Waals surface area contributed by atoms with Crippen LogP contribution in [0.15, 0.2) is 42.6 Å². The van der Waals surface area contributed by atoms with Gasteiger partial charge in [0.1, 0.15) is 5.82 Å². The van der Waals surface area contributed by atoms with Gasteiger partial charge < -0.3 is 4.90 Å². The fourth-order valence-electron chi connectivity index (χ4n) is 4.76. The summed E-state index contributed by atoms with van der Waals surface area (Å²) in [5.41, 5.74) is 3.15. The van der Waals surface area contributed by atoms with E-state index in [1.165, 1.54) is 0 Å². The first kappa shape index (κ1) is 20.0. The van der Waals surface area contributed by atoms with Crippen molar-refractivity contribution in [1.29, 1.82) is 0 Å². The van der Waals surface area contributed by atoms with Crippen LogP contribution in [0.25, 0.3) is 0 Å². The molecule has 0 N–H and O–H groups in total. The number of carbonyl (C=O) groups is 1. The number of rotatable bonds is 5. The minimum Gasteiger partial charge on any atom is -0.342 e. The summed E-state index contributed by atoms with van der Waals surface area (Å²) in [6.07, 6.45) is 6.40. The van der Waals surface area contributed by atoms with Crippen molar-refractivity contribution in [3.8, 4) is 0 Å². The van der Waals surface area contributed by atoms with E-state index >= 15 is 0 Å². The van der Waals surface area contributed by atoms with Gasteiger partial charge in [-0.2, -0.15) is 0 Å². The Morgan fingerprint density at radius 2 is 1.97 bits per heavy atom. The summed E-state index contributed by atoms with van der Waals surface area (Å²) >= 11 is 0. The molecule has 0 bridgehead atoms. The number of carbonyl (C=O) groups excluding carboxylic acids is 1. The second-order valence-electron chi connectivity index (χ2n) is 8.76. The van der Waals surface area contributed by atoms with Gasteiger partial charge >= 0.3 is 0 Å². The molecule has 2 aromatic rings. The van der Waals surface area contributed by atoms with Gasteiger partial charge in [0.05, 0.1) is 0 Å². The minimum absolute atomic E-state index is 0.111. The van der Waals surface area contributed by atoms with Gasteiger partial charge in [0, 0.05) is 49.9 Å². The van der Waals surface area contributed by atoms with E-state index in [4.69, 9.17) is 0 Å². The maximum Gasteiger partial charge on any atom is 0.222 e. The van der Waals surface area contributed by atoms with Crippen molar-refractivity contribution in [2.24, 2.45) is 5.41 Å². The molecule has 0 radical (unpaired) electrons. The number of piperidine rings is 2. The number of hydrogen-bond donors (Lipinski definition) is 0. The standard InChI is InChI=1S/C24H30FN3O/c1-19-5-6-22(25)20(16-19)17-27-14-10-24(11-15-27)9-7-23(29)28(18-24)13-8-21-4-2-3-12-26-21/h2-6,12,16H,7-11,13-15,17-18H2,1H3. The molecule has 2 aliphatic heterocycles. The number of pyridine rings is 1. The zero-order valence-electron chi connectivity index (χ0n) is 17.2. The number of amides is 1. The van der Waals surface area contributed by atoms with Crippen LogP contribution in [-0.4, -0.2) is 46.9 Å². The Morgan fingerprint density at radius 1 is 1.14 bits per heavy atom. The normalized spacial score (nSPS) is 19.7. The van der Waals surface area contributed by atoms with Crippen LogP contribution in [0, 0.1) is 18.2 Å². The van der Waals surface area contributed by atoms with Gasteiger partial charge in [-0.05, 0) is 62.9 Å². The maximum atomic E-state index is 14.1. The zero-order valence-corrected chi connectivity index (χ0v) is 17.2. The number of likely N-dealkylation sites (tertiary alicyclic amines) is 2. The predicted octanol–water partition coefficient (Wildman–Crippen LogP) is 3.98. The second kappa shape index (κ2) is 8.62. The van der Waals surface area contributed by atoms with Crippen LogP contribution in [0.3, 0.4) is 0 Å². The number of aryl methyl sites for hydroxylation is 1. The SMILES string of the molecule is Cc1ccc(F)c(CN2CCC3(CCC(=O)N(CCc4ccccn4)C3)CC2)c1. The molecule has 1 spiro atoms. The highest BCUT2D eigenvalue weighted by atomic mass is 19.1. The summed E-state index contributed by atoms with van der Waals surface area (Å²) in [5.74, 6) is 0.163. The number of aromatic nitrogens is 1. The number of hydrogen-bond acceptors (Lipinski definition) is 3. The van der Waals surface area contributed by atoms with Gasteiger partial charge in [0.2, 0.25) is 5.91 Å². The summed E-state index contributed by atoms with van der Waals surface area (Å²) < 4.78 is 14.1. The molecule has 0 atom stereocenters. The first-order chi connectivity index (χ1) is 14.0. The summed E-state index contributed by atoms with van der Waals surface area (Å²) in [7, 11) is 0. The van der Waals surface area contributed by atoms with Gasteiger partial charge in [-0.25, -0.2) is 4.39 Å². The van der Waals surface area contributed by atoms with E-state index in [1.54, 1.807) is 6.07 Å². The number of halogens is 1. The zero-order chi connectivity index (χ0) is 20.3. The first-order valence-corrected chi connectivity index (χ1v) is 10.7. The highest BCUT2D eigenvalue weighted by Crippen LogP contribution is 2.40. The van der Waals surface area contributed by atoms with Crippen LogP contribution >= 0.6 is 0 Å². The molecule has 2 aliphatic rings. The fraction of sp³-hybridized carbons (Fsp3) is 0.500. The third kappa shape index (κ3) is 4.84. The number of nitrogens with zero attached hydrogens (tertiary/aromatic N) is 3. The minimum atomic E-state index is -0.111. The largest absolute Gasteiger partial charge is 0.342 e. The average molecular weight is 396 g/mol. The quantitative estimate of drug-likeness (QED) is 0.768. The predicted molar refractivity (Wildman–Crippen MR) is 112 cm³/mol. The van der Waals surface area contributed by atoms with E-state index in [2.05, 4.69) is 9.88 Å². The lowest BCUT2D eigenvalue weighted by Crippen LogP contribution is -2.51.